The average molecular weight is 631 g/mol. The molecule has 0 aliphatic rings. The van der Waals surface area contributed by atoms with E-state index in [2.05, 4.69) is 26.2 Å². The lowest BCUT2D eigenvalue weighted by molar-refractivity contribution is -0.137. The van der Waals surface area contributed by atoms with Crippen molar-refractivity contribution in [1.29, 1.82) is 0 Å². The minimum absolute atomic E-state index is 0.0891. The number of hydrogen-bond donors (Lipinski definition) is 2. The predicted octanol–water partition coefficient (Wildman–Crippen LogP) is 6.70. The Bertz CT molecular complexity index is 1460. The molecule has 0 aliphatic carbocycles. The van der Waals surface area contributed by atoms with Crippen LogP contribution in [0.5, 0.6) is 0 Å². The van der Waals surface area contributed by atoms with Crippen molar-refractivity contribution < 1.29 is 27.5 Å². The number of H-pyrrole nitrogens is 1. The molecule has 7 nitrogen and oxygen atoms in total. The van der Waals surface area contributed by atoms with Crippen molar-refractivity contribution in [2.75, 3.05) is 38.7 Å². The molecule has 4 aromatic rings. The molecule has 1 heterocycles. The number of fused-ring (bicyclic) bond motifs is 1. The lowest BCUT2D eigenvalue weighted by Crippen LogP contribution is -2.46. The van der Waals surface area contributed by atoms with Crippen LogP contribution in [0.4, 0.5) is 23.7 Å². The van der Waals surface area contributed by atoms with Crippen molar-refractivity contribution in [2.45, 2.75) is 19.1 Å². The zero-order valence-electron chi connectivity index (χ0n) is 22.4. The number of alkyl halides is 3. The maximum Gasteiger partial charge on any atom is 0.416 e. The van der Waals surface area contributed by atoms with Crippen LogP contribution >= 0.6 is 15.9 Å². The summed E-state index contributed by atoms with van der Waals surface area (Å²) < 4.78 is 45.3. The summed E-state index contributed by atoms with van der Waals surface area (Å²) in [7, 11) is 1.50. The second-order valence-electron chi connectivity index (χ2n) is 9.47. The van der Waals surface area contributed by atoms with Crippen LogP contribution in [-0.4, -0.2) is 60.1 Å². The second-order valence-corrected chi connectivity index (χ2v) is 10.4. The molecule has 0 aliphatic heterocycles. The van der Waals surface area contributed by atoms with Gasteiger partial charge < -0.3 is 24.8 Å². The number of rotatable bonds is 11. The number of nitrogens with one attached hydrogen (secondary N) is 2. The number of halogens is 4. The maximum absolute atomic E-state index is 13.6. The van der Waals surface area contributed by atoms with E-state index in [4.69, 9.17) is 4.74 Å². The third kappa shape index (κ3) is 8.34. The number of methoxy groups -OCH3 is 1. The molecule has 0 spiro atoms. The van der Waals surface area contributed by atoms with E-state index in [1.807, 2.05) is 30.5 Å². The standard InChI is InChI=1S/C30H30BrF3N4O3/c1-41-17-16-38(29(40)36-25-12-10-24(31)11-13-25)20-28(39)37(19-21-6-8-23(9-7-21)30(32,33)34)15-14-22-18-35-27-5-3-2-4-26(22)27/h2-13,18,35H,14-17,19-20H2,1H3,(H,36,40). The molecule has 3 aromatic carbocycles. The van der Waals surface area contributed by atoms with Crippen LogP contribution in [0.2, 0.25) is 0 Å². The molecule has 0 saturated carbocycles. The van der Waals surface area contributed by atoms with Crippen molar-refractivity contribution >= 4 is 44.5 Å². The highest BCUT2D eigenvalue weighted by Gasteiger charge is 2.30. The van der Waals surface area contributed by atoms with Gasteiger partial charge >= 0.3 is 12.2 Å². The fourth-order valence-corrected chi connectivity index (χ4v) is 4.62. The summed E-state index contributed by atoms with van der Waals surface area (Å²) in [4.78, 5) is 32.9. The van der Waals surface area contributed by atoms with E-state index in [1.54, 1.807) is 29.2 Å². The van der Waals surface area contributed by atoms with Gasteiger partial charge in [-0.2, -0.15) is 13.2 Å². The monoisotopic (exact) mass is 630 g/mol. The number of aromatic amines is 1. The number of para-hydroxylation sites is 1. The number of ether oxygens (including phenoxy) is 1. The zero-order chi connectivity index (χ0) is 29.4. The molecule has 2 N–H and O–H groups in total. The number of carbonyl (C=O) groups is 2. The number of aromatic nitrogens is 1. The van der Waals surface area contributed by atoms with Crippen molar-refractivity contribution in [3.8, 4) is 0 Å². The van der Waals surface area contributed by atoms with Crippen LogP contribution in [0.25, 0.3) is 10.9 Å². The molecule has 0 bridgehead atoms. The zero-order valence-corrected chi connectivity index (χ0v) is 24.0. The van der Waals surface area contributed by atoms with Gasteiger partial charge in [0.15, 0.2) is 0 Å². The minimum Gasteiger partial charge on any atom is -0.383 e. The highest BCUT2D eigenvalue weighted by atomic mass is 79.9. The molecule has 0 fully saturated rings. The van der Waals surface area contributed by atoms with Gasteiger partial charge in [0.25, 0.3) is 0 Å². The number of urea groups is 1. The summed E-state index contributed by atoms with van der Waals surface area (Å²) in [5.41, 5.74) is 2.34. The highest BCUT2D eigenvalue weighted by molar-refractivity contribution is 9.10. The van der Waals surface area contributed by atoms with Gasteiger partial charge in [-0.05, 0) is 60.0 Å². The fourth-order valence-electron chi connectivity index (χ4n) is 4.36. The summed E-state index contributed by atoms with van der Waals surface area (Å²) in [6, 6.07) is 19.1. The molecule has 0 radical (unpaired) electrons. The second kappa shape index (κ2) is 13.7. The Morgan fingerprint density at radius 3 is 2.34 bits per heavy atom. The van der Waals surface area contributed by atoms with E-state index in [1.165, 1.54) is 24.1 Å². The van der Waals surface area contributed by atoms with Crippen LogP contribution in [0, 0.1) is 0 Å². The van der Waals surface area contributed by atoms with Gasteiger partial charge in [0.05, 0.1) is 12.2 Å². The van der Waals surface area contributed by atoms with Crippen molar-refractivity contribution in [2.24, 2.45) is 0 Å². The smallest absolute Gasteiger partial charge is 0.383 e. The maximum atomic E-state index is 13.6. The predicted molar refractivity (Wildman–Crippen MR) is 155 cm³/mol. The fraction of sp³-hybridized carbons (Fsp3) is 0.267. The Kier molecular flexibility index (Phi) is 10.1. The number of hydrogen-bond acceptors (Lipinski definition) is 3. The van der Waals surface area contributed by atoms with Crippen LogP contribution in [0.3, 0.4) is 0 Å². The van der Waals surface area contributed by atoms with Gasteiger partial charge in [-0.15, -0.1) is 0 Å². The van der Waals surface area contributed by atoms with Gasteiger partial charge in [0.2, 0.25) is 5.91 Å². The number of anilines is 1. The van der Waals surface area contributed by atoms with Gasteiger partial charge in [-0.25, -0.2) is 4.79 Å². The van der Waals surface area contributed by atoms with E-state index in [0.29, 0.717) is 24.2 Å². The first kappa shape index (κ1) is 30.1. The van der Waals surface area contributed by atoms with Gasteiger partial charge in [-0.1, -0.05) is 46.3 Å². The molecule has 0 unspecified atom stereocenters. The van der Waals surface area contributed by atoms with Crippen molar-refractivity contribution in [3.05, 3.63) is 100 Å². The molecule has 0 atom stereocenters. The highest BCUT2D eigenvalue weighted by Crippen LogP contribution is 2.29. The Morgan fingerprint density at radius 1 is 0.951 bits per heavy atom. The molecule has 11 heteroatoms. The van der Waals surface area contributed by atoms with Crippen LogP contribution in [0.1, 0.15) is 16.7 Å². The molecule has 41 heavy (non-hydrogen) atoms. The average Bonchev–Trinajstić information content (AvgIpc) is 3.37. The van der Waals surface area contributed by atoms with E-state index >= 15 is 0 Å². The van der Waals surface area contributed by atoms with Gasteiger partial charge in [-0.3, -0.25) is 4.79 Å². The summed E-state index contributed by atoms with van der Waals surface area (Å²) in [5, 5.41) is 3.83. The Balaban J connectivity index is 1.52. The molecule has 0 saturated heterocycles. The Hall–Kier alpha value is -3.83. The third-order valence-electron chi connectivity index (χ3n) is 6.61. The summed E-state index contributed by atoms with van der Waals surface area (Å²) in [6.45, 7) is 0.538. The molecule has 1 aromatic heterocycles. The third-order valence-corrected chi connectivity index (χ3v) is 7.14. The first-order valence-corrected chi connectivity index (χ1v) is 13.7. The van der Waals surface area contributed by atoms with Crippen molar-refractivity contribution in [3.63, 3.8) is 0 Å². The number of carbonyl (C=O) groups excluding carboxylic acids is 2. The summed E-state index contributed by atoms with van der Waals surface area (Å²) in [5.74, 6) is -0.341. The number of amides is 3. The molecule has 216 valence electrons. The minimum atomic E-state index is -4.45. The Labute approximate surface area is 244 Å². The first-order chi connectivity index (χ1) is 19.6. The molecule has 4 rings (SSSR count). The molecular formula is C30H30BrF3N4O3. The van der Waals surface area contributed by atoms with Crippen LogP contribution in [0.15, 0.2) is 83.5 Å². The van der Waals surface area contributed by atoms with E-state index in [-0.39, 0.29) is 32.1 Å². The molecular weight excluding hydrogens is 601 g/mol. The lowest BCUT2D eigenvalue weighted by Gasteiger charge is -2.28. The SMILES string of the molecule is COCCN(CC(=O)N(CCc1c[nH]c2ccccc12)Cc1ccc(C(F)(F)F)cc1)C(=O)Nc1ccc(Br)cc1. The Morgan fingerprint density at radius 2 is 1.66 bits per heavy atom. The molecule has 3 amide bonds. The van der Waals surface area contributed by atoms with E-state index in [0.717, 1.165) is 33.1 Å². The summed E-state index contributed by atoms with van der Waals surface area (Å²) in [6.07, 6.45) is -2.05. The number of benzene rings is 3. The topological polar surface area (TPSA) is 77.7 Å². The van der Waals surface area contributed by atoms with Crippen LogP contribution < -0.4 is 5.32 Å². The lowest BCUT2D eigenvalue weighted by atomic mass is 10.1. The quantitative estimate of drug-likeness (QED) is 0.194. The van der Waals surface area contributed by atoms with Crippen molar-refractivity contribution in [1.82, 2.24) is 14.8 Å². The van der Waals surface area contributed by atoms with Crippen LogP contribution in [-0.2, 0) is 28.7 Å². The number of nitrogens with zero attached hydrogens (tertiary/aromatic N) is 2. The van der Waals surface area contributed by atoms with E-state index in [9.17, 15) is 22.8 Å². The van der Waals surface area contributed by atoms with E-state index < -0.39 is 17.8 Å². The van der Waals surface area contributed by atoms with Gasteiger partial charge in [0.1, 0.15) is 6.54 Å². The largest absolute Gasteiger partial charge is 0.416 e. The first-order valence-electron chi connectivity index (χ1n) is 12.9. The normalized spacial score (nSPS) is 11.4. The van der Waals surface area contributed by atoms with Gasteiger partial charge in [0, 0.05) is 54.0 Å². The summed E-state index contributed by atoms with van der Waals surface area (Å²) >= 11 is 3.36.